The van der Waals surface area contributed by atoms with E-state index in [1.807, 2.05) is 30.3 Å². The van der Waals surface area contributed by atoms with E-state index in [1.165, 1.54) is 5.56 Å². The van der Waals surface area contributed by atoms with Crippen molar-refractivity contribution in [1.29, 1.82) is 0 Å². The van der Waals surface area contributed by atoms with Gasteiger partial charge in [0.25, 0.3) is 5.91 Å². The summed E-state index contributed by atoms with van der Waals surface area (Å²) in [6, 6.07) is 15.7. The van der Waals surface area contributed by atoms with E-state index in [0.29, 0.717) is 11.1 Å². The second kappa shape index (κ2) is 9.22. The summed E-state index contributed by atoms with van der Waals surface area (Å²) in [6.45, 7) is 8.31. The number of ketones is 1. The van der Waals surface area contributed by atoms with Crippen LogP contribution in [0.2, 0.25) is 0 Å². The second-order valence-electron chi connectivity index (χ2n) is 9.81. The fourth-order valence-corrected chi connectivity index (χ4v) is 3.91. The number of ether oxygens (including phenoxy) is 1. The van der Waals surface area contributed by atoms with Gasteiger partial charge >= 0.3 is 5.97 Å². The van der Waals surface area contributed by atoms with Crippen molar-refractivity contribution >= 4 is 17.7 Å². The van der Waals surface area contributed by atoms with Gasteiger partial charge in [0, 0.05) is 11.0 Å². The first-order valence-electron chi connectivity index (χ1n) is 11.1. The van der Waals surface area contributed by atoms with E-state index < -0.39 is 35.2 Å². The van der Waals surface area contributed by atoms with Crippen molar-refractivity contribution in [2.45, 2.75) is 58.5 Å². The van der Waals surface area contributed by atoms with Crippen LogP contribution in [-0.4, -0.2) is 34.9 Å². The number of aryl methyl sites for hydroxylation is 2. The molecule has 2 aromatic carbocycles. The minimum Gasteiger partial charge on any atom is -0.510 e. The lowest BCUT2D eigenvalue weighted by atomic mass is 9.71. The molecule has 1 amide bonds. The predicted molar refractivity (Wildman–Crippen MR) is 126 cm³/mol. The molecule has 0 unspecified atom stereocenters. The average Bonchev–Trinajstić information content (AvgIpc) is 2.75. The number of rotatable bonds is 6. The highest BCUT2D eigenvalue weighted by Gasteiger charge is 2.42. The van der Waals surface area contributed by atoms with E-state index in [-0.39, 0.29) is 11.3 Å². The van der Waals surface area contributed by atoms with E-state index in [1.54, 1.807) is 40.7 Å². The summed E-state index contributed by atoms with van der Waals surface area (Å²) in [6.07, 6.45) is 1.64. The maximum Gasteiger partial charge on any atom is 0.325 e. The van der Waals surface area contributed by atoms with Crippen LogP contribution in [0.15, 0.2) is 59.9 Å². The van der Waals surface area contributed by atoms with Gasteiger partial charge in [-0.25, -0.2) is 0 Å². The van der Waals surface area contributed by atoms with Crippen LogP contribution >= 0.6 is 0 Å². The Morgan fingerprint density at radius 2 is 1.64 bits per heavy atom. The van der Waals surface area contributed by atoms with Crippen LogP contribution in [0.25, 0.3) is 0 Å². The fourth-order valence-electron chi connectivity index (χ4n) is 3.91. The van der Waals surface area contributed by atoms with Crippen molar-refractivity contribution in [3.63, 3.8) is 0 Å². The number of hydrogen-bond donors (Lipinski definition) is 2. The Kier molecular flexibility index (Phi) is 6.77. The minimum atomic E-state index is -0.940. The Morgan fingerprint density at radius 3 is 2.27 bits per heavy atom. The summed E-state index contributed by atoms with van der Waals surface area (Å²) in [5, 5.41) is 13.3. The van der Waals surface area contributed by atoms with Crippen molar-refractivity contribution in [2.75, 3.05) is 6.54 Å². The molecule has 6 nitrogen and oxygen atoms in total. The number of aliphatic hydroxyl groups excluding tert-OH is 1. The van der Waals surface area contributed by atoms with Crippen molar-refractivity contribution in [3.8, 4) is 0 Å². The first kappa shape index (κ1) is 24.2. The summed E-state index contributed by atoms with van der Waals surface area (Å²) in [5.41, 5.74) is 1.35. The number of carbonyl (C=O) groups excluding carboxylic acids is 3. The number of Topliss-reactive ketones (excluding diaryl/α,β-unsaturated/α-hetero) is 1. The molecular weight excluding hydrogens is 418 g/mol. The molecular formula is C27H31NO5. The van der Waals surface area contributed by atoms with E-state index in [0.717, 1.165) is 18.4 Å². The highest BCUT2D eigenvalue weighted by atomic mass is 16.6. The highest BCUT2D eigenvalue weighted by molar-refractivity contribution is 6.27. The number of esters is 1. The molecule has 174 valence electrons. The molecule has 0 atom stereocenters. The highest BCUT2D eigenvalue weighted by Crippen LogP contribution is 2.40. The van der Waals surface area contributed by atoms with Gasteiger partial charge in [0.1, 0.15) is 23.5 Å². The third kappa shape index (κ3) is 5.51. The quantitative estimate of drug-likeness (QED) is 0.509. The van der Waals surface area contributed by atoms with E-state index in [2.05, 4.69) is 17.4 Å². The molecule has 0 saturated heterocycles. The molecule has 0 aliphatic heterocycles. The molecule has 0 fully saturated rings. The SMILES string of the molecule is CC(C)(C)OC(=O)CNC(=O)C1=C(O)C(C)(C)c2cc(CCc3ccccc3)ccc2C1=O. The molecule has 0 radical (unpaired) electrons. The predicted octanol–water partition coefficient (Wildman–Crippen LogP) is 4.22. The molecule has 2 N–H and O–H groups in total. The van der Waals surface area contributed by atoms with E-state index in [9.17, 15) is 19.5 Å². The van der Waals surface area contributed by atoms with Gasteiger partial charge in [-0.15, -0.1) is 0 Å². The van der Waals surface area contributed by atoms with Gasteiger partial charge in [0.15, 0.2) is 0 Å². The Labute approximate surface area is 194 Å². The standard InChI is InChI=1S/C27H31NO5/c1-26(2,3)33-21(29)16-28-25(32)22-23(30)19-14-13-18(12-11-17-9-7-6-8-10-17)15-20(19)27(4,5)24(22)31/h6-10,13-15,31H,11-12,16H2,1-5H3,(H,28,32). The number of nitrogens with one attached hydrogen (secondary N) is 1. The number of aliphatic hydroxyl groups is 1. The largest absolute Gasteiger partial charge is 0.510 e. The number of allylic oxidation sites excluding steroid dienone is 1. The van der Waals surface area contributed by atoms with Crippen LogP contribution in [0.4, 0.5) is 0 Å². The first-order valence-corrected chi connectivity index (χ1v) is 11.1. The Hall–Kier alpha value is -3.41. The van der Waals surface area contributed by atoms with Crippen molar-refractivity contribution in [2.24, 2.45) is 0 Å². The number of fused-ring (bicyclic) bond motifs is 1. The van der Waals surface area contributed by atoms with Crippen LogP contribution in [-0.2, 0) is 32.6 Å². The Bertz CT molecular complexity index is 1110. The molecule has 3 rings (SSSR count). The summed E-state index contributed by atoms with van der Waals surface area (Å²) < 4.78 is 5.18. The lowest BCUT2D eigenvalue weighted by molar-refractivity contribution is -0.154. The van der Waals surface area contributed by atoms with Gasteiger partial charge in [0.2, 0.25) is 5.78 Å². The zero-order valence-corrected chi connectivity index (χ0v) is 19.8. The molecule has 0 heterocycles. The first-order chi connectivity index (χ1) is 15.4. The summed E-state index contributed by atoms with van der Waals surface area (Å²) >= 11 is 0. The van der Waals surface area contributed by atoms with Gasteiger partial charge in [-0.1, -0.05) is 48.5 Å². The monoisotopic (exact) mass is 449 g/mol. The molecule has 0 spiro atoms. The minimum absolute atomic E-state index is 0.304. The van der Waals surface area contributed by atoms with Crippen LogP contribution in [0.1, 0.15) is 61.7 Å². The molecule has 2 aromatic rings. The molecule has 1 aliphatic rings. The number of carbonyl (C=O) groups is 3. The van der Waals surface area contributed by atoms with Crippen LogP contribution in [0, 0.1) is 0 Å². The maximum atomic E-state index is 13.1. The Morgan fingerprint density at radius 1 is 1.00 bits per heavy atom. The van der Waals surface area contributed by atoms with Crippen molar-refractivity contribution in [3.05, 3.63) is 82.1 Å². The van der Waals surface area contributed by atoms with E-state index in [4.69, 9.17) is 4.74 Å². The smallest absolute Gasteiger partial charge is 0.325 e. The molecule has 0 saturated carbocycles. The van der Waals surface area contributed by atoms with Crippen molar-refractivity contribution in [1.82, 2.24) is 5.32 Å². The fraction of sp³-hybridized carbons (Fsp3) is 0.370. The molecule has 1 aliphatic carbocycles. The molecule has 0 bridgehead atoms. The summed E-state index contributed by atoms with van der Waals surface area (Å²) in [5.74, 6) is -2.28. The van der Waals surface area contributed by atoms with Crippen LogP contribution in [0.3, 0.4) is 0 Å². The van der Waals surface area contributed by atoms with Gasteiger partial charge < -0.3 is 15.2 Å². The lowest BCUT2D eigenvalue weighted by Gasteiger charge is -2.33. The van der Waals surface area contributed by atoms with Gasteiger partial charge in [-0.05, 0) is 64.2 Å². The maximum absolute atomic E-state index is 13.1. The van der Waals surface area contributed by atoms with Crippen LogP contribution < -0.4 is 5.32 Å². The Balaban J connectivity index is 1.80. The third-order valence-corrected chi connectivity index (χ3v) is 5.64. The van der Waals surface area contributed by atoms with Gasteiger partial charge in [-0.3, -0.25) is 14.4 Å². The topological polar surface area (TPSA) is 92.7 Å². The zero-order chi connectivity index (χ0) is 24.4. The molecule has 6 heteroatoms. The second-order valence-corrected chi connectivity index (χ2v) is 9.81. The summed E-state index contributed by atoms with van der Waals surface area (Å²) in [7, 11) is 0. The van der Waals surface area contributed by atoms with Crippen molar-refractivity contribution < 1.29 is 24.2 Å². The lowest BCUT2D eigenvalue weighted by Crippen LogP contribution is -2.40. The molecule has 33 heavy (non-hydrogen) atoms. The number of amides is 1. The normalized spacial score (nSPS) is 15.1. The van der Waals surface area contributed by atoms with Gasteiger partial charge in [-0.2, -0.15) is 0 Å². The number of hydrogen-bond acceptors (Lipinski definition) is 5. The third-order valence-electron chi connectivity index (χ3n) is 5.64. The molecule has 0 aromatic heterocycles. The van der Waals surface area contributed by atoms with Crippen LogP contribution in [0.5, 0.6) is 0 Å². The number of benzene rings is 2. The zero-order valence-electron chi connectivity index (χ0n) is 19.8. The average molecular weight is 450 g/mol. The van der Waals surface area contributed by atoms with E-state index >= 15 is 0 Å². The van der Waals surface area contributed by atoms with Gasteiger partial charge in [0.05, 0.1) is 0 Å². The summed E-state index contributed by atoms with van der Waals surface area (Å²) in [4.78, 5) is 37.8.